The number of hydrogen-bond donors (Lipinski definition) is 1. The molecule has 0 amide bonds. The first-order valence-corrected chi connectivity index (χ1v) is 7.89. The fourth-order valence-corrected chi connectivity index (χ4v) is 2.66. The Morgan fingerprint density at radius 3 is 2.64 bits per heavy atom. The van der Waals surface area contributed by atoms with Crippen molar-refractivity contribution in [3.63, 3.8) is 0 Å². The normalized spacial score (nSPS) is 11.2. The van der Waals surface area contributed by atoms with Gasteiger partial charge in [0, 0.05) is 27.7 Å². The molecular formula is C18H23IN6. The summed E-state index contributed by atoms with van der Waals surface area (Å²) in [5, 5.41) is 10.0. The molecule has 0 saturated carbocycles. The second kappa shape index (κ2) is 8.80. The van der Waals surface area contributed by atoms with Gasteiger partial charge < -0.3 is 10.2 Å². The highest BCUT2D eigenvalue weighted by Crippen LogP contribution is 2.15. The molecule has 7 heteroatoms. The molecule has 0 spiro atoms. The summed E-state index contributed by atoms with van der Waals surface area (Å²) in [4.78, 5) is 10.6. The van der Waals surface area contributed by atoms with Crippen LogP contribution in [-0.2, 0) is 20.1 Å². The van der Waals surface area contributed by atoms with Crippen LogP contribution in [0.3, 0.4) is 0 Å². The van der Waals surface area contributed by atoms with Gasteiger partial charge in [-0.05, 0) is 22.4 Å². The second-order valence-corrected chi connectivity index (χ2v) is 5.74. The van der Waals surface area contributed by atoms with Crippen molar-refractivity contribution in [2.24, 2.45) is 12.0 Å². The lowest BCUT2D eigenvalue weighted by molar-refractivity contribution is 0.448. The first-order chi connectivity index (χ1) is 11.7. The molecule has 0 unspecified atom stereocenters. The molecule has 0 bridgehead atoms. The lowest BCUT2D eigenvalue weighted by Gasteiger charge is -2.21. The number of halogens is 1. The largest absolute Gasteiger partial charge is 0.352 e. The highest BCUT2D eigenvalue weighted by Gasteiger charge is 2.10. The fourth-order valence-electron chi connectivity index (χ4n) is 2.66. The van der Waals surface area contributed by atoms with E-state index in [1.807, 2.05) is 19.0 Å². The monoisotopic (exact) mass is 450 g/mol. The topological polar surface area (TPSA) is 58.3 Å². The summed E-state index contributed by atoms with van der Waals surface area (Å²) in [5.41, 5.74) is 1.22. The lowest BCUT2D eigenvalue weighted by Crippen LogP contribution is -2.38. The molecule has 1 aromatic heterocycles. The second-order valence-electron chi connectivity index (χ2n) is 5.74. The molecule has 0 aliphatic heterocycles. The molecule has 0 aliphatic carbocycles. The third-order valence-electron chi connectivity index (χ3n) is 4.02. The van der Waals surface area contributed by atoms with Gasteiger partial charge in [0.05, 0.1) is 6.54 Å². The standard InChI is InChI=1S/C18H22N6.HI/c1-19-18(23(2)12-17-21-13-22-24(17)3)20-11-14-8-9-15-6-4-5-7-16(15)10-14;/h4-10,13H,11-12H2,1-3H3,(H,19,20);1H. The Kier molecular flexibility index (Phi) is 6.74. The van der Waals surface area contributed by atoms with Gasteiger partial charge in [-0.3, -0.25) is 9.67 Å². The molecule has 1 N–H and O–H groups in total. The Morgan fingerprint density at radius 2 is 1.96 bits per heavy atom. The van der Waals surface area contributed by atoms with Gasteiger partial charge in [0.1, 0.15) is 12.2 Å². The van der Waals surface area contributed by atoms with Gasteiger partial charge in [0.15, 0.2) is 5.96 Å². The zero-order chi connectivity index (χ0) is 16.9. The number of benzene rings is 2. The molecule has 0 radical (unpaired) electrons. The van der Waals surface area contributed by atoms with Crippen molar-refractivity contribution < 1.29 is 0 Å². The van der Waals surface area contributed by atoms with Gasteiger partial charge in [-0.25, -0.2) is 4.98 Å². The van der Waals surface area contributed by atoms with Gasteiger partial charge in [-0.2, -0.15) is 5.10 Å². The maximum Gasteiger partial charge on any atom is 0.194 e. The summed E-state index contributed by atoms with van der Waals surface area (Å²) in [6.45, 7) is 1.37. The van der Waals surface area contributed by atoms with Crippen LogP contribution < -0.4 is 5.32 Å². The molecule has 6 nitrogen and oxygen atoms in total. The van der Waals surface area contributed by atoms with Crippen LogP contribution in [0.1, 0.15) is 11.4 Å². The zero-order valence-electron chi connectivity index (χ0n) is 14.7. The van der Waals surface area contributed by atoms with Crippen molar-refractivity contribution in [1.82, 2.24) is 25.0 Å². The van der Waals surface area contributed by atoms with E-state index in [1.54, 1.807) is 18.1 Å². The quantitative estimate of drug-likeness (QED) is 0.378. The van der Waals surface area contributed by atoms with Crippen LogP contribution in [0.5, 0.6) is 0 Å². The van der Waals surface area contributed by atoms with E-state index in [1.165, 1.54) is 16.3 Å². The van der Waals surface area contributed by atoms with Gasteiger partial charge in [0.25, 0.3) is 0 Å². The van der Waals surface area contributed by atoms with Crippen molar-refractivity contribution in [3.05, 3.63) is 60.2 Å². The number of fused-ring (bicyclic) bond motifs is 1. The van der Waals surface area contributed by atoms with Gasteiger partial charge in [-0.1, -0.05) is 36.4 Å². The third-order valence-corrected chi connectivity index (χ3v) is 4.02. The van der Waals surface area contributed by atoms with Gasteiger partial charge in [-0.15, -0.1) is 24.0 Å². The molecule has 3 aromatic rings. The van der Waals surface area contributed by atoms with Crippen molar-refractivity contribution >= 4 is 40.7 Å². The Labute approximate surface area is 165 Å². The van der Waals surface area contributed by atoms with Crippen LogP contribution in [0, 0.1) is 0 Å². The van der Waals surface area contributed by atoms with E-state index in [9.17, 15) is 0 Å². The van der Waals surface area contributed by atoms with Crippen LogP contribution in [0.4, 0.5) is 0 Å². The number of guanidine groups is 1. The number of hydrogen-bond acceptors (Lipinski definition) is 3. The summed E-state index contributed by atoms with van der Waals surface area (Å²) in [5.74, 6) is 1.72. The molecule has 0 saturated heterocycles. The van der Waals surface area contributed by atoms with Crippen LogP contribution in [0.2, 0.25) is 0 Å². The first-order valence-electron chi connectivity index (χ1n) is 7.89. The van der Waals surface area contributed by atoms with Crippen molar-refractivity contribution in [3.8, 4) is 0 Å². The smallest absolute Gasteiger partial charge is 0.194 e. The van der Waals surface area contributed by atoms with E-state index in [4.69, 9.17) is 0 Å². The Hall–Kier alpha value is -2.16. The summed E-state index contributed by atoms with van der Waals surface area (Å²) in [6.07, 6.45) is 1.56. The van der Waals surface area contributed by atoms with Crippen molar-refractivity contribution in [2.75, 3.05) is 14.1 Å². The summed E-state index contributed by atoms with van der Waals surface area (Å²) in [6, 6.07) is 14.9. The average molecular weight is 450 g/mol. The van der Waals surface area contributed by atoms with Crippen LogP contribution in [0.25, 0.3) is 10.8 Å². The predicted molar refractivity (Wildman–Crippen MR) is 112 cm³/mol. The Bertz CT molecular complexity index is 857. The third kappa shape index (κ3) is 4.68. The number of nitrogens with zero attached hydrogens (tertiary/aromatic N) is 5. The van der Waals surface area contributed by atoms with Crippen LogP contribution in [-0.4, -0.2) is 39.7 Å². The highest BCUT2D eigenvalue weighted by atomic mass is 127. The minimum absolute atomic E-state index is 0. The Balaban J connectivity index is 0.00000225. The van der Waals surface area contributed by atoms with E-state index in [0.717, 1.165) is 18.3 Å². The van der Waals surface area contributed by atoms with E-state index in [-0.39, 0.29) is 24.0 Å². The number of aliphatic imine (C=N–C) groups is 1. The zero-order valence-corrected chi connectivity index (χ0v) is 17.0. The van der Waals surface area contributed by atoms with Crippen LogP contribution >= 0.6 is 24.0 Å². The number of rotatable bonds is 4. The number of aryl methyl sites for hydroxylation is 1. The van der Waals surface area contributed by atoms with E-state index >= 15 is 0 Å². The summed E-state index contributed by atoms with van der Waals surface area (Å²) in [7, 11) is 5.67. The average Bonchev–Trinajstić information content (AvgIpc) is 3.00. The summed E-state index contributed by atoms with van der Waals surface area (Å²) >= 11 is 0. The van der Waals surface area contributed by atoms with E-state index in [2.05, 4.69) is 62.9 Å². The minimum Gasteiger partial charge on any atom is -0.352 e. The maximum absolute atomic E-state index is 4.35. The van der Waals surface area contributed by atoms with Crippen molar-refractivity contribution in [2.45, 2.75) is 13.1 Å². The van der Waals surface area contributed by atoms with Gasteiger partial charge >= 0.3 is 0 Å². The van der Waals surface area contributed by atoms with Crippen LogP contribution in [0.15, 0.2) is 53.8 Å². The molecule has 1 heterocycles. The van der Waals surface area contributed by atoms with Gasteiger partial charge in [0.2, 0.25) is 0 Å². The van der Waals surface area contributed by atoms with E-state index in [0.29, 0.717) is 6.54 Å². The highest BCUT2D eigenvalue weighted by molar-refractivity contribution is 14.0. The first kappa shape index (κ1) is 19.2. The molecule has 3 rings (SSSR count). The molecule has 25 heavy (non-hydrogen) atoms. The maximum atomic E-state index is 4.35. The molecule has 0 atom stereocenters. The predicted octanol–water partition coefficient (Wildman–Crippen LogP) is 2.79. The minimum atomic E-state index is 0. The summed E-state index contributed by atoms with van der Waals surface area (Å²) < 4.78 is 1.77. The Morgan fingerprint density at radius 1 is 1.20 bits per heavy atom. The molecule has 0 fully saturated rings. The van der Waals surface area contributed by atoms with E-state index < -0.39 is 0 Å². The lowest BCUT2D eigenvalue weighted by atomic mass is 10.1. The number of nitrogens with one attached hydrogen (secondary N) is 1. The molecule has 0 aliphatic rings. The SMILES string of the molecule is CN=C(NCc1ccc2ccccc2c1)N(C)Cc1ncnn1C.I. The molecule has 2 aromatic carbocycles. The number of aromatic nitrogens is 3. The molecule has 132 valence electrons. The fraction of sp³-hybridized carbons (Fsp3) is 0.278. The van der Waals surface area contributed by atoms with Crippen molar-refractivity contribution in [1.29, 1.82) is 0 Å². The molecular weight excluding hydrogens is 427 g/mol.